The van der Waals surface area contributed by atoms with Gasteiger partial charge in [-0.25, -0.2) is 0 Å². The van der Waals surface area contributed by atoms with Gasteiger partial charge in [0.25, 0.3) is 0 Å². The van der Waals surface area contributed by atoms with Crippen LogP contribution in [0.3, 0.4) is 0 Å². The predicted octanol–water partition coefficient (Wildman–Crippen LogP) is 1.33. The second-order valence-electron chi connectivity index (χ2n) is 4.18. The summed E-state index contributed by atoms with van der Waals surface area (Å²) in [5.41, 5.74) is 8.24. The summed E-state index contributed by atoms with van der Waals surface area (Å²) in [5.74, 6) is 0.542. The molecule has 1 aliphatic carbocycles. The molecule has 2 rings (SSSR count). The summed E-state index contributed by atoms with van der Waals surface area (Å²) in [6.45, 7) is 3.00. The highest BCUT2D eigenvalue weighted by Gasteiger charge is 2.21. The van der Waals surface area contributed by atoms with E-state index in [1.807, 2.05) is 10.9 Å². The number of aromatic nitrogens is 2. The van der Waals surface area contributed by atoms with E-state index in [1.165, 1.54) is 11.3 Å². The van der Waals surface area contributed by atoms with E-state index in [4.69, 9.17) is 11.1 Å². The molecule has 1 aromatic rings. The molecule has 1 aromatic heterocycles. The SMILES string of the molecule is CCn1ncc2c1C[C@@H](C(=N)N)CCC2. The van der Waals surface area contributed by atoms with Crippen LogP contribution in [0.4, 0.5) is 0 Å². The number of hydrogen-bond acceptors (Lipinski definition) is 2. The van der Waals surface area contributed by atoms with Crippen molar-refractivity contribution < 1.29 is 0 Å². The molecule has 0 fully saturated rings. The summed E-state index contributed by atoms with van der Waals surface area (Å²) in [4.78, 5) is 0. The maximum absolute atomic E-state index is 7.56. The Balaban J connectivity index is 2.29. The zero-order chi connectivity index (χ0) is 10.8. The van der Waals surface area contributed by atoms with E-state index in [9.17, 15) is 0 Å². The topological polar surface area (TPSA) is 67.7 Å². The van der Waals surface area contributed by atoms with Gasteiger partial charge >= 0.3 is 0 Å². The smallest absolute Gasteiger partial charge is 0.0940 e. The van der Waals surface area contributed by atoms with Gasteiger partial charge in [0.1, 0.15) is 0 Å². The zero-order valence-electron chi connectivity index (χ0n) is 9.16. The molecule has 82 valence electrons. The van der Waals surface area contributed by atoms with Crippen molar-refractivity contribution in [1.82, 2.24) is 9.78 Å². The van der Waals surface area contributed by atoms with E-state index in [0.717, 1.165) is 32.2 Å². The van der Waals surface area contributed by atoms with E-state index < -0.39 is 0 Å². The van der Waals surface area contributed by atoms with E-state index >= 15 is 0 Å². The third kappa shape index (κ3) is 1.89. The first-order valence-corrected chi connectivity index (χ1v) is 5.59. The van der Waals surface area contributed by atoms with Crippen molar-refractivity contribution in [2.45, 2.75) is 39.2 Å². The molecule has 4 heteroatoms. The minimum absolute atomic E-state index is 0.216. The lowest BCUT2D eigenvalue weighted by molar-refractivity contribution is 0.558. The minimum atomic E-state index is 0.216. The molecule has 3 N–H and O–H groups in total. The quantitative estimate of drug-likeness (QED) is 0.435. The van der Waals surface area contributed by atoms with Crippen LogP contribution < -0.4 is 5.73 Å². The number of nitrogens with zero attached hydrogens (tertiary/aromatic N) is 2. The van der Waals surface area contributed by atoms with Crippen LogP contribution in [-0.2, 0) is 19.4 Å². The number of amidine groups is 1. The van der Waals surface area contributed by atoms with Crippen molar-refractivity contribution >= 4 is 5.84 Å². The highest BCUT2D eigenvalue weighted by Crippen LogP contribution is 2.24. The van der Waals surface area contributed by atoms with Crippen LogP contribution in [0.2, 0.25) is 0 Å². The van der Waals surface area contributed by atoms with Crippen LogP contribution in [-0.4, -0.2) is 15.6 Å². The lowest BCUT2D eigenvalue weighted by Crippen LogP contribution is -2.24. The number of nitrogens with one attached hydrogen (secondary N) is 1. The fourth-order valence-corrected chi connectivity index (χ4v) is 2.31. The number of nitrogens with two attached hydrogens (primary N) is 1. The third-order valence-electron chi connectivity index (χ3n) is 3.21. The average molecular weight is 206 g/mol. The second kappa shape index (κ2) is 4.04. The van der Waals surface area contributed by atoms with E-state index in [2.05, 4.69) is 12.0 Å². The van der Waals surface area contributed by atoms with Crippen molar-refractivity contribution in [1.29, 1.82) is 5.41 Å². The van der Waals surface area contributed by atoms with Gasteiger partial charge in [-0.2, -0.15) is 5.10 Å². The van der Waals surface area contributed by atoms with Crippen molar-refractivity contribution in [3.8, 4) is 0 Å². The fourth-order valence-electron chi connectivity index (χ4n) is 2.31. The molecule has 0 aliphatic heterocycles. The molecule has 0 radical (unpaired) electrons. The highest BCUT2D eigenvalue weighted by molar-refractivity contribution is 5.79. The first kappa shape index (κ1) is 10.2. The summed E-state index contributed by atoms with van der Waals surface area (Å²) in [6.07, 6.45) is 6.10. The van der Waals surface area contributed by atoms with Crippen LogP contribution in [0, 0.1) is 11.3 Å². The molecule has 0 saturated heterocycles. The van der Waals surface area contributed by atoms with Crippen LogP contribution in [0.1, 0.15) is 31.0 Å². The maximum atomic E-state index is 7.56. The van der Waals surface area contributed by atoms with Crippen LogP contribution in [0.15, 0.2) is 6.20 Å². The van der Waals surface area contributed by atoms with Gasteiger partial charge in [-0.1, -0.05) is 0 Å². The van der Waals surface area contributed by atoms with Gasteiger partial charge in [0.2, 0.25) is 0 Å². The van der Waals surface area contributed by atoms with Gasteiger partial charge < -0.3 is 5.73 Å². The molecule has 0 aromatic carbocycles. The van der Waals surface area contributed by atoms with Crippen molar-refractivity contribution in [3.63, 3.8) is 0 Å². The monoisotopic (exact) mass is 206 g/mol. The van der Waals surface area contributed by atoms with Gasteiger partial charge in [-0.3, -0.25) is 10.1 Å². The molecule has 1 atom stereocenters. The first-order valence-electron chi connectivity index (χ1n) is 5.59. The molecule has 0 saturated carbocycles. The molecule has 1 aliphatic rings. The predicted molar refractivity (Wildman–Crippen MR) is 59.9 cm³/mol. The zero-order valence-corrected chi connectivity index (χ0v) is 9.16. The minimum Gasteiger partial charge on any atom is -0.387 e. The van der Waals surface area contributed by atoms with Gasteiger partial charge in [-0.15, -0.1) is 0 Å². The highest BCUT2D eigenvalue weighted by atomic mass is 15.3. The van der Waals surface area contributed by atoms with Gasteiger partial charge in [0.15, 0.2) is 0 Å². The molecule has 0 amide bonds. The lowest BCUT2D eigenvalue weighted by Gasteiger charge is -2.13. The Hall–Kier alpha value is -1.32. The third-order valence-corrected chi connectivity index (χ3v) is 3.21. The molecule has 0 spiro atoms. The number of hydrogen-bond donors (Lipinski definition) is 2. The summed E-state index contributed by atoms with van der Waals surface area (Å²) >= 11 is 0. The van der Waals surface area contributed by atoms with Crippen LogP contribution in [0.25, 0.3) is 0 Å². The molecule has 0 unspecified atom stereocenters. The molecule has 1 heterocycles. The largest absolute Gasteiger partial charge is 0.387 e. The van der Waals surface area contributed by atoms with Crippen molar-refractivity contribution in [2.24, 2.45) is 11.7 Å². The summed E-state index contributed by atoms with van der Waals surface area (Å²) in [6, 6.07) is 0. The lowest BCUT2D eigenvalue weighted by atomic mass is 9.99. The van der Waals surface area contributed by atoms with Gasteiger partial charge in [-0.05, 0) is 38.2 Å². The molecule has 4 nitrogen and oxygen atoms in total. The number of aryl methyl sites for hydroxylation is 2. The standard InChI is InChI=1S/C11H18N4/c1-2-15-10-6-8(11(12)13)4-3-5-9(10)7-14-15/h7-8H,2-6H2,1H3,(H3,12,13)/t8-/m0/s1. The van der Waals surface area contributed by atoms with E-state index in [1.54, 1.807) is 0 Å². The summed E-state index contributed by atoms with van der Waals surface area (Å²) < 4.78 is 2.04. The normalized spacial score (nSPS) is 20.7. The van der Waals surface area contributed by atoms with Crippen LogP contribution in [0.5, 0.6) is 0 Å². The Morgan fingerprint density at radius 1 is 1.73 bits per heavy atom. The molecular formula is C11H18N4. The Morgan fingerprint density at radius 2 is 2.53 bits per heavy atom. The van der Waals surface area contributed by atoms with Crippen molar-refractivity contribution in [3.05, 3.63) is 17.5 Å². The molecule has 0 bridgehead atoms. The Labute approximate surface area is 90.0 Å². The number of fused-ring (bicyclic) bond motifs is 1. The van der Waals surface area contributed by atoms with Crippen LogP contribution >= 0.6 is 0 Å². The fraction of sp³-hybridized carbons (Fsp3) is 0.636. The molecular weight excluding hydrogens is 188 g/mol. The van der Waals surface area contributed by atoms with E-state index in [-0.39, 0.29) is 5.92 Å². The molecule has 15 heavy (non-hydrogen) atoms. The summed E-state index contributed by atoms with van der Waals surface area (Å²) in [7, 11) is 0. The first-order chi connectivity index (χ1) is 7.22. The average Bonchev–Trinajstić information content (AvgIpc) is 2.46. The maximum Gasteiger partial charge on any atom is 0.0940 e. The summed E-state index contributed by atoms with van der Waals surface area (Å²) in [5, 5.41) is 11.9. The number of rotatable bonds is 2. The van der Waals surface area contributed by atoms with E-state index in [0.29, 0.717) is 5.84 Å². The van der Waals surface area contributed by atoms with Crippen molar-refractivity contribution in [2.75, 3.05) is 0 Å². The second-order valence-corrected chi connectivity index (χ2v) is 4.18. The van der Waals surface area contributed by atoms with Gasteiger partial charge in [0, 0.05) is 18.2 Å². The Morgan fingerprint density at radius 3 is 3.20 bits per heavy atom. The van der Waals surface area contributed by atoms with Gasteiger partial charge in [0.05, 0.1) is 12.0 Å². The Bertz CT molecular complexity index is 367. The Kier molecular flexibility index (Phi) is 2.75.